The van der Waals surface area contributed by atoms with Crippen molar-refractivity contribution in [1.82, 2.24) is 20.1 Å². The van der Waals surface area contributed by atoms with Crippen molar-refractivity contribution >= 4 is 11.9 Å². The molecule has 0 bridgehead atoms. The Morgan fingerprint density at radius 1 is 1.26 bits per heavy atom. The lowest BCUT2D eigenvalue weighted by atomic mass is 10.1. The maximum Gasteiger partial charge on any atom is 0.251 e. The van der Waals surface area contributed by atoms with E-state index in [1.54, 1.807) is 0 Å². The molecule has 0 aliphatic carbocycles. The molecule has 1 atom stereocenters. The molecule has 27 heavy (non-hydrogen) atoms. The second kappa shape index (κ2) is 8.08. The van der Waals surface area contributed by atoms with E-state index in [1.165, 1.54) is 19.3 Å². The van der Waals surface area contributed by atoms with Crippen LogP contribution in [-0.2, 0) is 11.8 Å². The lowest BCUT2D eigenvalue weighted by Gasteiger charge is -2.26. The number of anilines is 1. The SMILES string of the molecule is Cn1nc(-c2cccc(C(=O)NCC3CCCO3)c2)nc1N1CCCCC1. The van der Waals surface area contributed by atoms with Gasteiger partial charge in [0.1, 0.15) is 0 Å². The van der Waals surface area contributed by atoms with Crippen LogP contribution in [0.25, 0.3) is 11.4 Å². The first-order chi connectivity index (χ1) is 13.2. The zero-order chi connectivity index (χ0) is 18.6. The van der Waals surface area contributed by atoms with Gasteiger partial charge < -0.3 is 15.0 Å². The van der Waals surface area contributed by atoms with Crippen LogP contribution in [0.4, 0.5) is 5.95 Å². The van der Waals surface area contributed by atoms with Gasteiger partial charge in [-0.05, 0) is 44.2 Å². The van der Waals surface area contributed by atoms with Crippen LogP contribution in [0, 0.1) is 0 Å². The molecular weight excluding hydrogens is 342 g/mol. The van der Waals surface area contributed by atoms with E-state index in [-0.39, 0.29) is 12.0 Å². The molecule has 0 spiro atoms. The summed E-state index contributed by atoms with van der Waals surface area (Å²) in [6.07, 6.45) is 5.90. The molecule has 0 radical (unpaired) electrons. The van der Waals surface area contributed by atoms with Gasteiger partial charge in [-0.1, -0.05) is 12.1 Å². The standard InChI is InChI=1S/C20H27N5O2/c1-24-20(25-10-3-2-4-11-25)22-18(23-24)15-7-5-8-16(13-15)19(26)21-14-17-9-6-12-27-17/h5,7-8,13,17H,2-4,6,9-12,14H2,1H3,(H,21,26). The van der Waals surface area contributed by atoms with Crippen LogP contribution in [0.2, 0.25) is 0 Å². The Morgan fingerprint density at radius 2 is 2.11 bits per heavy atom. The fraction of sp³-hybridized carbons (Fsp3) is 0.550. The fourth-order valence-corrected chi connectivity index (χ4v) is 3.78. The summed E-state index contributed by atoms with van der Waals surface area (Å²) < 4.78 is 7.40. The van der Waals surface area contributed by atoms with Gasteiger partial charge in [0.05, 0.1) is 6.10 Å². The number of amides is 1. The van der Waals surface area contributed by atoms with Crippen molar-refractivity contribution in [3.05, 3.63) is 29.8 Å². The Hall–Kier alpha value is -2.41. The molecule has 1 aromatic heterocycles. The average Bonchev–Trinajstić information content (AvgIpc) is 3.36. The quantitative estimate of drug-likeness (QED) is 0.876. The van der Waals surface area contributed by atoms with Crippen LogP contribution in [0.1, 0.15) is 42.5 Å². The number of hydrogen-bond donors (Lipinski definition) is 1. The van der Waals surface area contributed by atoms with Crippen LogP contribution in [0.3, 0.4) is 0 Å². The van der Waals surface area contributed by atoms with E-state index in [9.17, 15) is 4.79 Å². The summed E-state index contributed by atoms with van der Waals surface area (Å²) in [5.74, 6) is 1.48. The zero-order valence-corrected chi connectivity index (χ0v) is 15.9. The Morgan fingerprint density at radius 3 is 2.89 bits per heavy atom. The number of piperidine rings is 1. The summed E-state index contributed by atoms with van der Waals surface area (Å²) in [6, 6.07) is 7.52. The first kappa shape index (κ1) is 18.0. The second-order valence-corrected chi connectivity index (χ2v) is 7.33. The lowest BCUT2D eigenvalue weighted by molar-refractivity contribution is 0.0858. The van der Waals surface area contributed by atoms with Crippen LogP contribution in [-0.4, -0.2) is 53.0 Å². The Kier molecular flexibility index (Phi) is 5.38. The zero-order valence-electron chi connectivity index (χ0n) is 15.9. The van der Waals surface area contributed by atoms with Gasteiger partial charge in [0.15, 0.2) is 5.82 Å². The van der Waals surface area contributed by atoms with Gasteiger partial charge in [-0.2, -0.15) is 4.98 Å². The Labute approximate surface area is 159 Å². The van der Waals surface area contributed by atoms with Crippen LogP contribution >= 0.6 is 0 Å². The van der Waals surface area contributed by atoms with Crippen LogP contribution in [0.5, 0.6) is 0 Å². The first-order valence-corrected chi connectivity index (χ1v) is 9.87. The summed E-state index contributed by atoms with van der Waals surface area (Å²) >= 11 is 0. The number of rotatable bonds is 5. The van der Waals surface area contributed by atoms with Gasteiger partial charge >= 0.3 is 0 Å². The molecule has 0 saturated carbocycles. The largest absolute Gasteiger partial charge is 0.376 e. The third-order valence-corrected chi connectivity index (χ3v) is 5.28. The van der Waals surface area contributed by atoms with Crippen molar-refractivity contribution in [1.29, 1.82) is 0 Å². The number of benzene rings is 1. The van der Waals surface area contributed by atoms with Gasteiger partial charge in [-0.15, -0.1) is 5.10 Å². The summed E-state index contributed by atoms with van der Waals surface area (Å²) in [5, 5.41) is 7.55. The molecule has 1 aromatic carbocycles. The van der Waals surface area contributed by atoms with Gasteiger partial charge in [-0.3, -0.25) is 4.79 Å². The molecule has 7 nitrogen and oxygen atoms in total. The van der Waals surface area contributed by atoms with Crippen molar-refractivity contribution in [2.24, 2.45) is 7.05 Å². The van der Waals surface area contributed by atoms with E-state index in [4.69, 9.17) is 9.72 Å². The van der Waals surface area contributed by atoms with Crippen molar-refractivity contribution in [3.8, 4) is 11.4 Å². The number of carbonyl (C=O) groups is 1. The molecule has 2 aliphatic heterocycles. The lowest BCUT2D eigenvalue weighted by Crippen LogP contribution is -2.31. The summed E-state index contributed by atoms with van der Waals surface area (Å²) in [4.78, 5) is 19.5. The molecule has 2 aliphatic rings. The summed E-state index contributed by atoms with van der Waals surface area (Å²) in [5.41, 5.74) is 1.48. The highest BCUT2D eigenvalue weighted by molar-refractivity contribution is 5.95. The minimum absolute atomic E-state index is 0.0838. The Bertz CT molecular complexity index is 791. The number of ether oxygens (including phenoxy) is 1. The van der Waals surface area contributed by atoms with E-state index in [2.05, 4.69) is 15.3 Å². The van der Waals surface area contributed by atoms with Gasteiger partial charge in [0, 0.05) is 44.4 Å². The number of aryl methyl sites for hydroxylation is 1. The van der Waals surface area contributed by atoms with E-state index >= 15 is 0 Å². The average molecular weight is 369 g/mol. The molecule has 1 unspecified atom stereocenters. The molecule has 3 heterocycles. The number of nitrogens with zero attached hydrogens (tertiary/aromatic N) is 4. The van der Waals surface area contributed by atoms with Crippen molar-refractivity contribution in [3.63, 3.8) is 0 Å². The maximum absolute atomic E-state index is 12.5. The first-order valence-electron chi connectivity index (χ1n) is 9.87. The predicted octanol–water partition coefficient (Wildman–Crippen LogP) is 2.38. The Balaban J connectivity index is 1.47. The monoisotopic (exact) mass is 369 g/mol. The molecule has 4 rings (SSSR count). The highest BCUT2D eigenvalue weighted by Gasteiger charge is 2.19. The molecule has 2 saturated heterocycles. The second-order valence-electron chi connectivity index (χ2n) is 7.33. The van der Waals surface area contributed by atoms with Gasteiger partial charge in [0.2, 0.25) is 5.95 Å². The smallest absolute Gasteiger partial charge is 0.251 e. The predicted molar refractivity (Wildman–Crippen MR) is 104 cm³/mol. The van der Waals surface area contributed by atoms with Crippen LogP contribution < -0.4 is 10.2 Å². The molecule has 144 valence electrons. The summed E-state index contributed by atoms with van der Waals surface area (Å²) in [7, 11) is 1.93. The third-order valence-electron chi connectivity index (χ3n) is 5.28. The number of nitrogens with one attached hydrogen (secondary N) is 1. The molecule has 2 aromatic rings. The minimum atomic E-state index is -0.0838. The maximum atomic E-state index is 12.5. The molecule has 7 heteroatoms. The van der Waals surface area contributed by atoms with Gasteiger partial charge in [0.25, 0.3) is 5.91 Å². The summed E-state index contributed by atoms with van der Waals surface area (Å²) in [6.45, 7) is 3.40. The molecule has 2 fully saturated rings. The van der Waals surface area contributed by atoms with Gasteiger partial charge in [-0.25, -0.2) is 4.68 Å². The molecular formula is C20H27N5O2. The molecule has 1 amide bonds. The van der Waals surface area contributed by atoms with E-state index in [0.717, 1.165) is 44.0 Å². The van der Waals surface area contributed by atoms with E-state index in [0.29, 0.717) is 17.9 Å². The highest BCUT2D eigenvalue weighted by Crippen LogP contribution is 2.23. The van der Waals surface area contributed by atoms with E-state index < -0.39 is 0 Å². The number of carbonyl (C=O) groups excluding carboxylic acids is 1. The van der Waals surface area contributed by atoms with E-state index in [1.807, 2.05) is 36.0 Å². The topological polar surface area (TPSA) is 72.3 Å². The minimum Gasteiger partial charge on any atom is -0.376 e. The van der Waals surface area contributed by atoms with Crippen LogP contribution in [0.15, 0.2) is 24.3 Å². The fourth-order valence-electron chi connectivity index (χ4n) is 3.78. The number of hydrogen-bond acceptors (Lipinski definition) is 5. The number of aromatic nitrogens is 3. The molecule has 1 N–H and O–H groups in total. The van der Waals surface area contributed by atoms with Crippen molar-refractivity contribution < 1.29 is 9.53 Å². The third kappa shape index (κ3) is 4.13. The highest BCUT2D eigenvalue weighted by atomic mass is 16.5. The van der Waals surface area contributed by atoms with Crippen molar-refractivity contribution in [2.45, 2.75) is 38.2 Å². The normalized spacial score (nSPS) is 20.0. The van der Waals surface area contributed by atoms with Crippen molar-refractivity contribution in [2.75, 3.05) is 31.1 Å².